The van der Waals surface area contributed by atoms with Gasteiger partial charge < -0.3 is 13.9 Å². The first kappa shape index (κ1) is 13.1. The normalized spacial score (nSPS) is 11.9. The number of hydrogen-bond donors (Lipinski definition) is 0. The fourth-order valence-electron chi connectivity index (χ4n) is 1.63. The van der Waals surface area contributed by atoms with E-state index in [0.717, 1.165) is 0 Å². The van der Waals surface area contributed by atoms with Gasteiger partial charge in [-0.05, 0) is 24.3 Å². The number of halogens is 1. The van der Waals surface area contributed by atoms with Crippen LogP contribution in [-0.2, 0) is 9.53 Å². The topological polar surface area (TPSA) is 48.7 Å². The third-order valence-corrected chi connectivity index (χ3v) is 2.59. The molecule has 1 aromatic carbocycles. The summed E-state index contributed by atoms with van der Waals surface area (Å²) < 4.78 is 28.3. The molecule has 2 rings (SSSR count). The fourth-order valence-corrected chi connectivity index (χ4v) is 1.63. The van der Waals surface area contributed by atoms with Crippen LogP contribution in [0.1, 0.15) is 11.7 Å². The van der Waals surface area contributed by atoms with Crippen LogP contribution in [-0.4, -0.2) is 19.7 Å². The lowest BCUT2D eigenvalue weighted by Gasteiger charge is -2.13. The zero-order chi connectivity index (χ0) is 13.7. The van der Waals surface area contributed by atoms with E-state index in [4.69, 9.17) is 13.9 Å². The third kappa shape index (κ3) is 3.34. The Kier molecular flexibility index (Phi) is 4.18. The largest absolute Gasteiger partial charge is 0.492 e. The van der Waals surface area contributed by atoms with Crippen LogP contribution >= 0.6 is 0 Å². The molecule has 0 N–H and O–H groups in total. The van der Waals surface area contributed by atoms with Crippen LogP contribution in [0.2, 0.25) is 0 Å². The van der Waals surface area contributed by atoms with E-state index in [1.807, 2.05) is 0 Å². The summed E-state index contributed by atoms with van der Waals surface area (Å²) in [6, 6.07) is 9.04. The lowest BCUT2D eigenvalue weighted by atomic mass is 10.1. The molecule has 2 aromatic rings. The number of rotatable bonds is 5. The molecule has 1 aromatic heterocycles. The molecular formula is C14H13FO4. The van der Waals surface area contributed by atoms with Gasteiger partial charge in [0.15, 0.2) is 0 Å². The molecule has 0 radical (unpaired) electrons. The summed E-state index contributed by atoms with van der Waals surface area (Å²) in [6.07, 6.45) is 1.47. The number of methoxy groups -OCH3 is 1. The number of carbonyl (C=O) groups excluding carboxylic acids is 1. The average Bonchev–Trinajstić information content (AvgIpc) is 2.92. The second-order valence-corrected chi connectivity index (χ2v) is 3.86. The molecule has 0 aliphatic carbocycles. The Morgan fingerprint density at radius 3 is 2.84 bits per heavy atom. The highest BCUT2D eigenvalue weighted by molar-refractivity contribution is 5.77. The second-order valence-electron chi connectivity index (χ2n) is 3.86. The van der Waals surface area contributed by atoms with Crippen LogP contribution in [0.15, 0.2) is 47.1 Å². The molecule has 0 spiro atoms. The number of furan rings is 1. The Morgan fingerprint density at radius 1 is 1.37 bits per heavy atom. The highest BCUT2D eigenvalue weighted by Gasteiger charge is 2.25. The number of ether oxygens (including phenoxy) is 2. The van der Waals surface area contributed by atoms with Crippen LogP contribution in [0.25, 0.3) is 0 Å². The lowest BCUT2D eigenvalue weighted by Crippen LogP contribution is -2.20. The third-order valence-electron chi connectivity index (χ3n) is 2.59. The van der Waals surface area contributed by atoms with Crippen molar-refractivity contribution < 1.29 is 23.1 Å². The number of benzene rings is 1. The van der Waals surface area contributed by atoms with E-state index in [-0.39, 0.29) is 6.61 Å². The smallest absolute Gasteiger partial charge is 0.319 e. The summed E-state index contributed by atoms with van der Waals surface area (Å²) in [5.74, 6) is -0.747. The summed E-state index contributed by atoms with van der Waals surface area (Å²) in [5.41, 5.74) is 0. The fraction of sp³-hybridized carbons (Fsp3) is 0.214. The van der Waals surface area contributed by atoms with Gasteiger partial charge in [-0.15, -0.1) is 0 Å². The Morgan fingerprint density at radius 2 is 2.21 bits per heavy atom. The van der Waals surface area contributed by atoms with Crippen LogP contribution in [0.3, 0.4) is 0 Å². The van der Waals surface area contributed by atoms with E-state index >= 15 is 0 Å². The molecule has 0 aliphatic rings. The van der Waals surface area contributed by atoms with Crippen LogP contribution < -0.4 is 4.74 Å². The van der Waals surface area contributed by atoms with Gasteiger partial charge in [0, 0.05) is 6.07 Å². The molecule has 4 nitrogen and oxygen atoms in total. The van der Waals surface area contributed by atoms with Crippen molar-refractivity contribution in [3.8, 4) is 5.75 Å². The molecule has 5 heteroatoms. The van der Waals surface area contributed by atoms with E-state index in [9.17, 15) is 9.18 Å². The Labute approximate surface area is 109 Å². The average molecular weight is 264 g/mol. The van der Waals surface area contributed by atoms with Crippen LogP contribution in [0.5, 0.6) is 5.75 Å². The van der Waals surface area contributed by atoms with Crippen LogP contribution in [0, 0.1) is 5.82 Å². The minimum Gasteiger partial charge on any atom is -0.492 e. The SMILES string of the molecule is COC(=O)C(COc1cccc(F)c1)c1ccco1. The van der Waals surface area contributed by atoms with E-state index < -0.39 is 17.7 Å². The molecule has 0 amide bonds. The van der Waals surface area contributed by atoms with Crippen LogP contribution in [0.4, 0.5) is 4.39 Å². The van der Waals surface area contributed by atoms with Gasteiger partial charge in [0.1, 0.15) is 29.9 Å². The van der Waals surface area contributed by atoms with Gasteiger partial charge in [0.25, 0.3) is 0 Å². The van der Waals surface area contributed by atoms with Crippen molar-refractivity contribution in [2.24, 2.45) is 0 Å². The van der Waals surface area contributed by atoms with Gasteiger partial charge in [-0.2, -0.15) is 0 Å². The predicted molar refractivity (Wildman–Crippen MR) is 65.4 cm³/mol. The lowest BCUT2D eigenvalue weighted by molar-refractivity contribution is -0.143. The molecule has 1 atom stereocenters. The summed E-state index contributed by atoms with van der Waals surface area (Å²) in [6.45, 7) is 0.0175. The van der Waals surface area contributed by atoms with E-state index in [1.165, 1.54) is 31.6 Å². The van der Waals surface area contributed by atoms with E-state index in [1.54, 1.807) is 18.2 Å². The zero-order valence-electron chi connectivity index (χ0n) is 10.3. The molecule has 0 saturated carbocycles. The molecule has 100 valence electrons. The van der Waals surface area contributed by atoms with Crippen molar-refractivity contribution in [2.75, 3.05) is 13.7 Å². The minimum absolute atomic E-state index is 0.0175. The molecule has 19 heavy (non-hydrogen) atoms. The van der Waals surface area contributed by atoms with E-state index in [2.05, 4.69) is 0 Å². The summed E-state index contributed by atoms with van der Waals surface area (Å²) in [5, 5.41) is 0. The Bertz CT molecular complexity index is 536. The second kappa shape index (κ2) is 6.04. The van der Waals surface area contributed by atoms with Gasteiger partial charge in [0.05, 0.1) is 13.4 Å². The van der Waals surface area contributed by atoms with Gasteiger partial charge in [-0.1, -0.05) is 6.07 Å². The van der Waals surface area contributed by atoms with Gasteiger partial charge in [0.2, 0.25) is 0 Å². The van der Waals surface area contributed by atoms with Crippen molar-refractivity contribution in [1.29, 1.82) is 0 Å². The quantitative estimate of drug-likeness (QED) is 0.779. The minimum atomic E-state index is -0.678. The van der Waals surface area contributed by atoms with Crippen molar-refractivity contribution in [1.82, 2.24) is 0 Å². The molecule has 1 unspecified atom stereocenters. The predicted octanol–water partition coefficient (Wildman–Crippen LogP) is 2.75. The van der Waals surface area contributed by atoms with Crippen molar-refractivity contribution in [2.45, 2.75) is 5.92 Å². The summed E-state index contributed by atoms with van der Waals surface area (Å²) >= 11 is 0. The number of hydrogen-bond acceptors (Lipinski definition) is 4. The first-order valence-corrected chi connectivity index (χ1v) is 5.70. The molecule has 0 fully saturated rings. The molecule has 0 aliphatic heterocycles. The van der Waals surface area contributed by atoms with E-state index in [0.29, 0.717) is 11.5 Å². The number of carbonyl (C=O) groups is 1. The monoisotopic (exact) mass is 264 g/mol. The highest BCUT2D eigenvalue weighted by atomic mass is 19.1. The zero-order valence-corrected chi connectivity index (χ0v) is 10.3. The highest BCUT2D eigenvalue weighted by Crippen LogP contribution is 2.20. The first-order chi connectivity index (χ1) is 9.20. The molecule has 0 saturated heterocycles. The maximum absolute atomic E-state index is 13.0. The van der Waals surface area contributed by atoms with Crippen molar-refractivity contribution >= 4 is 5.97 Å². The van der Waals surface area contributed by atoms with Gasteiger partial charge >= 0.3 is 5.97 Å². The number of esters is 1. The maximum Gasteiger partial charge on any atom is 0.319 e. The summed E-state index contributed by atoms with van der Waals surface area (Å²) in [4.78, 5) is 11.7. The molecule has 0 bridgehead atoms. The van der Waals surface area contributed by atoms with Crippen molar-refractivity contribution in [3.05, 3.63) is 54.2 Å². The first-order valence-electron chi connectivity index (χ1n) is 5.70. The van der Waals surface area contributed by atoms with Gasteiger partial charge in [-0.3, -0.25) is 4.79 Å². The Balaban J connectivity index is 2.07. The molecule has 1 heterocycles. The van der Waals surface area contributed by atoms with Gasteiger partial charge in [-0.25, -0.2) is 4.39 Å². The van der Waals surface area contributed by atoms with Crippen molar-refractivity contribution in [3.63, 3.8) is 0 Å². The Hall–Kier alpha value is -2.30. The summed E-state index contributed by atoms with van der Waals surface area (Å²) in [7, 11) is 1.29. The standard InChI is InChI=1S/C14H13FO4/c1-17-14(16)12(13-6-3-7-18-13)9-19-11-5-2-4-10(15)8-11/h2-8,12H,9H2,1H3. The molecular weight excluding hydrogens is 251 g/mol. The maximum atomic E-state index is 13.0.